The van der Waals surface area contributed by atoms with Crippen LogP contribution < -0.4 is 0 Å². The SMILES string of the molecule is COC(=O)C[C@H]1C(=O)CC=C2CCC[C@@](C)(O)[C@@H]21. The molecule has 0 spiro atoms. The number of fused-ring (bicyclic) bond motifs is 1. The summed E-state index contributed by atoms with van der Waals surface area (Å²) in [5, 5.41) is 10.5. The van der Waals surface area contributed by atoms with Gasteiger partial charge in [-0.3, -0.25) is 9.59 Å². The Morgan fingerprint density at radius 1 is 1.61 bits per heavy atom. The summed E-state index contributed by atoms with van der Waals surface area (Å²) in [4.78, 5) is 23.5. The summed E-state index contributed by atoms with van der Waals surface area (Å²) in [6.07, 6.45) is 4.94. The van der Waals surface area contributed by atoms with E-state index in [4.69, 9.17) is 0 Å². The van der Waals surface area contributed by atoms with Crippen LogP contribution >= 0.6 is 0 Å². The molecule has 4 nitrogen and oxygen atoms in total. The Labute approximate surface area is 107 Å². The van der Waals surface area contributed by atoms with Crippen LogP contribution in [0, 0.1) is 11.8 Å². The molecule has 0 bridgehead atoms. The molecule has 1 N–H and O–H groups in total. The average molecular weight is 252 g/mol. The van der Waals surface area contributed by atoms with Gasteiger partial charge in [0.2, 0.25) is 0 Å². The lowest BCUT2D eigenvalue weighted by atomic mass is 9.63. The van der Waals surface area contributed by atoms with Gasteiger partial charge in [-0.2, -0.15) is 0 Å². The van der Waals surface area contributed by atoms with E-state index >= 15 is 0 Å². The lowest BCUT2D eigenvalue weighted by Gasteiger charge is -2.44. The number of Topliss-reactive ketones (excluding diaryl/α,β-unsaturated/α-hetero) is 1. The summed E-state index contributed by atoms with van der Waals surface area (Å²) in [7, 11) is 1.32. The Hall–Kier alpha value is -1.16. The largest absolute Gasteiger partial charge is 0.469 e. The number of allylic oxidation sites excluding steroid dienone is 1. The number of ketones is 1. The molecule has 0 radical (unpaired) electrons. The fourth-order valence-electron chi connectivity index (χ4n) is 3.35. The van der Waals surface area contributed by atoms with Gasteiger partial charge in [0.15, 0.2) is 0 Å². The standard InChI is InChI=1S/C14H20O4/c1-14(17)7-3-4-9-5-6-11(15)10(13(9)14)8-12(16)18-2/h5,10,13,17H,3-4,6-8H2,1-2H3/t10-,13-,14+/m0/s1. The Balaban J connectivity index is 2.28. The second-order valence-corrected chi connectivity index (χ2v) is 5.52. The summed E-state index contributed by atoms with van der Waals surface area (Å²) in [6.45, 7) is 1.77. The number of carbonyl (C=O) groups is 2. The molecule has 0 aliphatic heterocycles. The molecule has 0 aromatic heterocycles. The van der Waals surface area contributed by atoms with Crippen molar-refractivity contribution in [2.75, 3.05) is 7.11 Å². The van der Waals surface area contributed by atoms with E-state index in [1.165, 1.54) is 7.11 Å². The van der Waals surface area contributed by atoms with Crippen molar-refractivity contribution in [3.05, 3.63) is 11.6 Å². The molecule has 18 heavy (non-hydrogen) atoms. The van der Waals surface area contributed by atoms with E-state index in [1.807, 2.05) is 6.08 Å². The molecule has 0 saturated heterocycles. The molecule has 2 aliphatic carbocycles. The van der Waals surface area contributed by atoms with Crippen LogP contribution in [0.3, 0.4) is 0 Å². The van der Waals surface area contributed by atoms with Crippen LogP contribution in [0.4, 0.5) is 0 Å². The minimum atomic E-state index is -0.890. The number of carbonyl (C=O) groups excluding carboxylic acids is 2. The first kappa shape index (κ1) is 13.3. The van der Waals surface area contributed by atoms with Gasteiger partial charge in [-0.25, -0.2) is 0 Å². The summed E-state index contributed by atoms with van der Waals surface area (Å²) in [5.74, 6) is -0.980. The van der Waals surface area contributed by atoms with Crippen LogP contribution in [0.5, 0.6) is 0 Å². The molecule has 0 amide bonds. The molecule has 0 unspecified atom stereocenters. The summed E-state index contributed by atoms with van der Waals surface area (Å²) >= 11 is 0. The van der Waals surface area contributed by atoms with Gasteiger partial charge in [0.05, 0.1) is 19.1 Å². The smallest absolute Gasteiger partial charge is 0.306 e. The third-order valence-electron chi connectivity index (χ3n) is 4.21. The minimum absolute atomic E-state index is 0.0383. The van der Waals surface area contributed by atoms with Gasteiger partial charge in [-0.05, 0) is 26.2 Å². The monoisotopic (exact) mass is 252 g/mol. The number of hydrogen-bond acceptors (Lipinski definition) is 4. The zero-order valence-corrected chi connectivity index (χ0v) is 10.9. The average Bonchev–Trinajstić information content (AvgIpc) is 2.32. The summed E-state index contributed by atoms with van der Waals surface area (Å²) < 4.78 is 4.66. The molecular weight excluding hydrogens is 232 g/mol. The Morgan fingerprint density at radius 3 is 3.00 bits per heavy atom. The molecule has 0 aromatic rings. The van der Waals surface area contributed by atoms with Crippen molar-refractivity contribution in [1.29, 1.82) is 0 Å². The van der Waals surface area contributed by atoms with Crippen molar-refractivity contribution in [1.82, 2.24) is 0 Å². The van der Waals surface area contributed by atoms with Crippen LogP contribution in [-0.4, -0.2) is 29.6 Å². The van der Waals surface area contributed by atoms with Gasteiger partial charge in [-0.1, -0.05) is 11.6 Å². The van der Waals surface area contributed by atoms with Crippen molar-refractivity contribution in [3.63, 3.8) is 0 Å². The molecule has 0 heterocycles. The third-order valence-corrected chi connectivity index (χ3v) is 4.21. The maximum Gasteiger partial charge on any atom is 0.306 e. The van der Waals surface area contributed by atoms with Crippen LogP contribution in [0.15, 0.2) is 11.6 Å². The highest BCUT2D eigenvalue weighted by atomic mass is 16.5. The van der Waals surface area contributed by atoms with Gasteiger partial charge in [0.25, 0.3) is 0 Å². The second-order valence-electron chi connectivity index (χ2n) is 5.52. The number of ether oxygens (including phenoxy) is 1. The van der Waals surface area contributed by atoms with Crippen molar-refractivity contribution in [3.8, 4) is 0 Å². The third kappa shape index (κ3) is 2.34. The lowest BCUT2D eigenvalue weighted by molar-refractivity contribution is -0.147. The van der Waals surface area contributed by atoms with Gasteiger partial charge in [0, 0.05) is 18.3 Å². The quantitative estimate of drug-likeness (QED) is 0.599. The van der Waals surface area contributed by atoms with Crippen LogP contribution in [0.25, 0.3) is 0 Å². The topological polar surface area (TPSA) is 63.6 Å². The highest BCUT2D eigenvalue weighted by molar-refractivity contribution is 5.88. The number of esters is 1. The van der Waals surface area contributed by atoms with Crippen molar-refractivity contribution in [2.45, 2.75) is 44.6 Å². The highest BCUT2D eigenvalue weighted by Crippen LogP contribution is 2.46. The predicted molar refractivity (Wildman–Crippen MR) is 65.8 cm³/mol. The molecular formula is C14H20O4. The molecule has 2 rings (SSSR count). The molecule has 1 fully saturated rings. The van der Waals surface area contributed by atoms with E-state index in [1.54, 1.807) is 6.92 Å². The lowest BCUT2D eigenvalue weighted by Crippen LogP contribution is -2.47. The number of methoxy groups -OCH3 is 1. The maximum atomic E-state index is 12.0. The van der Waals surface area contributed by atoms with Crippen LogP contribution in [-0.2, 0) is 14.3 Å². The predicted octanol–water partition coefficient (Wildman–Crippen LogP) is 1.62. The van der Waals surface area contributed by atoms with Crippen molar-refractivity contribution < 1.29 is 19.4 Å². The number of rotatable bonds is 2. The van der Waals surface area contributed by atoms with Gasteiger partial charge in [0.1, 0.15) is 5.78 Å². The Morgan fingerprint density at radius 2 is 2.33 bits per heavy atom. The molecule has 2 aliphatic rings. The zero-order chi connectivity index (χ0) is 13.3. The highest BCUT2D eigenvalue weighted by Gasteiger charge is 2.47. The first-order valence-electron chi connectivity index (χ1n) is 6.46. The second kappa shape index (κ2) is 4.84. The molecule has 3 atom stereocenters. The fraction of sp³-hybridized carbons (Fsp3) is 0.714. The summed E-state index contributed by atoms with van der Waals surface area (Å²) in [6, 6.07) is 0. The maximum absolute atomic E-state index is 12.0. The van der Waals surface area contributed by atoms with Crippen LogP contribution in [0.1, 0.15) is 39.0 Å². The molecule has 4 heteroatoms. The van der Waals surface area contributed by atoms with Gasteiger partial charge in [-0.15, -0.1) is 0 Å². The van der Waals surface area contributed by atoms with E-state index in [-0.39, 0.29) is 24.1 Å². The van der Waals surface area contributed by atoms with E-state index < -0.39 is 11.5 Å². The number of aliphatic hydroxyl groups is 1. The Kier molecular flexibility index (Phi) is 3.57. The van der Waals surface area contributed by atoms with E-state index in [0.29, 0.717) is 12.8 Å². The zero-order valence-electron chi connectivity index (χ0n) is 10.9. The van der Waals surface area contributed by atoms with E-state index in [0.717, 1.165) is 18.4 Å². The normalized spacial score (nSPS) is 35.7. The molecule has 100 valence electrons. The van der Waals surface area contributed by atoms with Crippen LogP contribution in [0.2, 0.25) is 0 Å². The first-order chi connectivity index (χ1) is 8.45. The van der Waals surface area contributed by atoms with Crippen molar-refractivity contribution >= 4 is 11.8 Å². The Bertz CT molecular complexity index is 395. The fourth-order valence-corrected chi connectivity index (χ4v) is 3.35. The van der Waals surface area contributed by atoms with Gasteiger partial charge >= 0.3 is 5.97 Å². The molecule has 0 aromatic carbocycles. The number of hydrogen-bond donors (Lipinski definition) is 1. The van der Waals surface area contributed by atoms with Crippen molar-refractivity contribution in [2.24, 2.45) is 11.8 Å². The minimum Gasteiger partial charge on any atom is -0.469 e. The van der Waals surface area contributed by atoms with E-state index in [2.05, 4.69) is 4.74 Å². The molecule has 1 saturated carbocycles. The van der Waals surface area contributed by atoms with Gasteiger partial charge < -0.3 is 9.84 Å². The van der Waals surface area contributed by atoms with E-state index in [9.17, 15) is 14.7 Å². The summed E-state index contributed by atoms with van der Waals surface area (Å²) in [5.41, 5.74) is 0.249. The first-order valence-corrected chi connectivity index (χ1v) is 6.46.